The first kappa shape index (κ1) is 61.1. The maximum atomic E-state index is 13.3. The van der Waals surface area contributed by atoms with E-state index in [9.17, 15) is 19.5 Å². The van der Waals surface area contributed by atoms with Crippen LogP contribution in [0.2, 0.25) is 0 Å². The largest absolute Gasteiger partial charge is 0.393 e. The number of ketones is 2. The van der Waals surface area contributed by atoms with Crippen LogP contribution in [0.5, 0.6) is 0 Å². The molecule has 2 saturated carbocycles. The molecule has 0 saturated heterocycles. The van der Waals surface area contributed by atoms with Crippen LogP contribution in [0.3, 0.4) is 0 Å². The smallest absolute Gasteiger partial charge is 0.133 e. The Hall–Kier alpha value is -1.03. The molecule has 0 bridgehead atoms. The van der Waals surface area contributed by atoms with Gasteiger partial charge in [-0.2, -0.15) is 0 Å². The number of hydrogen-bond acceptors (Lipinski definition) is 4. The summed E-state index contributed by atoms with van der Waals surface area (Å²) >= 11 is 0. The Morgan fingerprint density at radius 2 is 0.712 bits per heavy atom. The molecule has 1 N–H and O–H groups in total. The van der Waals surface area contributed by atoms with Gasteiger partial charge in [-0.15, -0.1) is 0 Å². The lowest BCUT2D eigenvalue weighted by Gasteiger charge is -2.42. The predicted octanol–water partition coefficient (Wildman–Crippen LogP) is 19.6. The summed E-state index contributed by atoms with van der Waals surface area (Å²) in [5.74, 6) is 5.42. The Morgan fingerprint density at radius 1 is 0.409 bits per heavy atom. The molecule has 0 spiro atoms. The first-order valence-corrected chi connectivity index (χ1v) is 30.6. The Morgan fingerprint density at radius 3 is 1.08 bits per heavy atom. The van der Waals surface area contributed by atoms with Crippen molar-refractivity contribution in [2.45, 2.75) is 341 Å². The molecular weight excluding hydrogens is 809 g/mol. The van der Waals surface area contributed by atoms with Crippen LogP contribution in [0.25, 0.3) is 0 Å². The Kier molecular flexibility index (Phi) is 40.7. The summed E-state index contributed by atoms with van der Waals surface area (Å²) in [5, 5.41) is 10.2. The fourth-order valence-electron chi connectivity index (χ4n) is 12.7. The van der Waals surface area contributed by atoms with Crippen molar-refractivity contribution in [3.8, 4) is 0 Å². The van der Waals surface area contributed by atoms with Crippen LogP contribution in [0.1, 0.15) is 335 Å². The molecule has 2 aliphatic rings. The third-order valence-corrected chi connectivity index (χ3v) is 17.0. The van der Waals surface area contributed by atoms with Crippen molar-refractivity contribution in [2.24, 2.45) is 35.5 Å². The summed E-state index contributed by atoms with van der Waals surface area (Å²) < 4.78 is 0. The molecule has 0 aliphatic heterocycles. The van der Waals surface area contributed by atoms with Crippen LogP contribution >= 0.6 is 0 Å². The predicted molar refractivity (Wildman–Crippen MR) is 286 cm³/mol. The van der Waals surface area contributed by atoms with Gasteiger partial charge in [0.15, 0.2) is 0 Å². The summed E-state index contributed by atoms with van der Waals surface area (Å²) in [7, 11) is 0. The summed E-state index contributed by atoms with van der Waals surface area (Å²) in [5.41, 5.74) is 0. The third-order valence-electron chi connectivity index (χ3n) is 17.0. The number of hydrogen-bond donors (Lipinski definition) is 1. The molecule has 2 fully saturated rings. The average molecular weight is 926 g/mol. The van der Waals surface area contributed by atoms with E-state index < -0.39 is 0 Å². The zero-order chi connectivity index (χ0) is 47.6. The quantitative estimate of drug-likeness (QED) is 0.0487. The highest BCUT2D eigenvalue weighted by atomic mass is 16.3. The van der Waals surface area contributed by atoms with Gasteiger partial charge in [-0.05, 0) is 93.3 Å². The number of aldehydes is 1. The second-order valence-electron chi connectivity index (χ2n) is 22.9. The normalized spacial score (nSPS) is 21.6. The topological polar surface area (TPSA) is 71.4 Å². The van der Waals surface area contributed by atoms with Gasteiger partial charge in [-0.3, -0.25) is 9.59 Å². The van der Waals surface area contributed by atoms with Gasteiger partial charge in [0.05, 0.1) is 6.10 Å². The summed E-state index contributed by atoms with van der Waals surface area (Å²) in [4.78, 5) is 37.3. The second-order valence-corrected chi connectivity index (χ2v) is 22.9. The van der Waals surface area contributed by atoms with Crippen molar-refractivity contribution in [3.05, 3.63) is 0 Å². The van der Waals surface area contributed by atoms with Crippen molar-refractivity contribution < 1.29 is 19.5 Å². The molecule has 4 nitrogen and oxygen atoms in total. The van der Waals surface area contributed by atoms with Crippen molar-refractivity contribution in [1.29, 1.82) is 0 Å². The monoisotopic (exact) mass is 925 g/mol. The van der Waals surface area contributed by atoms with E-state index in [-0.39, 0.29) is 6.10 Å². The van der Waals surface area contributed by atoms with E-state index in [4.69, 9.17) is 0 Å². The van der Waals surface area contributed by atoms with E-state index >= 15 is 0 Å². The number of Topliss-reactive ketones (excluding diaryl/α,β-unsaturated/α-hetero) is 2. The fourth-order valence-corrected chi connectivity index (χ4v) is 12.7. The molecule has 388 valence electrons. The molecule has 0 aromatic carbocycles. The van der Waals surface area contributed by atoms with Gasteiger partial charge >= 0.3 is 0 Å². The molecule has 2 rings (SSSR count). The van der Waals surface area contributed by atoms with Gasteiger partial charge in [0.2, 0.25) is 0 Å². The van der Waals surface area contributed by atoms with Crippen LogP contribution in [0.15, 0.2) is 0 Å². The van der Waals surface area contributed by atoms with Gasteiger partial charge in [0.25, 0.3) is 0 Å². The van der Waals surface area contributed by atoms with Gasteiger partial charge in [-0.1, -0.05) is 245 Å². The lowest BCUT2D eigenvalue weighted by molar-refractivity contribution is -0.123. The van der Waals surface area contributed by atoms with Crippen molar-refractivity contribution >= 4 is 17.9 Å². The standard InChI is InChI=1S/C62H116O4/c1-4-7-10-13-20-28-39-54-50-56(41-30-22-19-27-38-49-63)57(51-55(54)40-29-21-14-11-8-5-2)42-31-25-26-35-48-62(66)53-59-44-37-36-43-58(59)52-61(65)47-34-24-18-16-15-17-23-33-46-60(64)45-32-12-9-6-3/h49,54-60,64H,4-48,50-53H2,1-3H3/t54?,55?,56?,57?,58-,59-,60?/m0/s1. The fraction of sp³-hybridized carbons (Fsp3) is 0.952. The Bertz CT molecular complexity index is 1100. The molecule has 0 aromatic heterocycles. The van der Waals surface area contributed by atoms with Crippen molar-refractivity contribution in [1.82, 2.24) is 0 Å². The average Bonchev–Trinajstić information content (AvgIpc) is 3.31. The zero-order valence-electron chi connectivity index (χ0n) is 44.9. The minimum atomic E-state index is -0.0943. The number of rotatable bonds is 48. The van der Waals surface area contributed by atoms with Crippen molar-refractivity contribution in [2.75, 3.05) is 0 Å². The van der Waals surface area contributed by atoms with Crippen molar-refractivity contribution in [3.63, 3.8) is 0 Å². The van der Waals surface area contributed by atoms with Crippen LogP contribution < -0.4 is 0 Å². The van der Waals surface area contributed by atoms with Crippen LogP contribution in [0.4, 0.5) is 0 Å². The number of carbonyl (C=O) groups excluding carboxylic acids is 3. The second kappa shape index (κ2) is 44.0. The number of unbranched alkanes of at least 4 members (excludes halogenated alkanes) is 27. The molecule has 0 aromatic rings. The van der Waals surface area contributed by atoms with E-state index in [1.54, 1.807) is 0 Å². The number of aliphatic hydroxyl groups is 1. The Balaban J connectivity index is 1.71. The van der Waals surface area contributed by atoms with Crippen LogP contribution in [-0.4, -0.2) is 29.1 Å². The molecule has 0 amide bonds. The third kappa shape index (κ3) is 32.7. The molecule has 7 atom stereocenters. The molecule has 66 heavy (non-hydrogen) atoms. The summed E-state index contributed by atoms with van der Waals surface area (Å²) in [6.07, 6.45) is 61.3. The van der Waals surface area contributed by atoms with E-state index in [2.05, 4.69) is 20.8 Å². The van der Waals surface area contributed by atoms with E-state index in [1.807, 2.05) is 0 Å². The van der Waals surface area contributed by atoms with Gasteiger partial charge < -0.3 is 9.90 Å². The van der Waals surface area contributed by atoms with Crippen LogP contribution in [-0.2, 0) is 14.4 Å². The zero-order valence-corrected chi connectivity index (χ0v) is 44.9. The van der Waals surface area contributed by atoms with E-state index in [0.29, 0.717) is 36.2 Å². The Labute approximate surface area is 412 Å². The molecule has 0 radical (unpaired) electrons. The highest BCUT2D eigenvalue weighted by molar-refractivity contribution is 5.80. The van der Waals surface area contributed by atoms with Crippen LogP contribution in [0, 0.1) is 35.5 Å². The number of aliphatic hydroxyl groups excluding tert-OH is 1. The van der Waals surface area contributed by atoms with Gasteiger partial charge in [0, 0.05) is 32.1 Å². The number of carbonyl (C=O) groups is 3. The van der Waals surface area contributed by atoms with Gasteiger partial charge in [-0.25, -0.2) is 0 Å². The molecular formula is C62H116O4. The lowest BCUT2D eigenvalue weighted by Crippen LogP contribution is -2.32. The molecule has 4 heteroatoms. The molecule has 0 heterocycles. The highest BCUT2D eigenvalue weighted by Crippen LogP contribution is 2.47. The minimum absolute atomic E-state index is 0.0943. The molecule has 2 aliphatic carbocycles. The summed E-state index contributed by atoms with van der Waals surface area (Å²) in [6, 6.07) is 0. The van der Waals surface area contributed by atoms with E-state index in [1.165, 1.54) is 231 Å². The summed E-state index contributed by atoms with van der Waals surface area (Å²) in [6.45, 7) is 6.89. The first-order chi connectivity index (χ1) is 32.4. The van der Waals surface area contributed by atoms with Gasteiger partial charge in [0.1, 0.15) is 17.9 Å². The first-order valence-electron chi connectivity index (χ1n) is 30.6. The maximum absolute atomic E-state index is 13.3. The minimum Gasteiger partial charge on any atom is -0.393 e. The highest BCUT2D eigenvalue weighted by Gasteiger charge is 2.36. The van der Waals surface area contributed by atoms with E-state index in [0.717, 1.165) is 101 Å². The maximum Gasteiger partial charge on any atom is 0.133 e. The lowest BCUT2D eigenvalue weighted by atomic mass is 9.63. The SMILES string of the molecule is CCCCCCCCC1CC(CCCCCCC=O)C(CCCCCCC(=O)C[C@@H]2CCCC[C@H]2CC(=O)CCCCCCCCCCC(O)CCCCCC)CC1CCCCCCCC. The molecule has 5 unspecified atom stereocenters.